The third-order valence-corrected chi connectivity index (χ3v) is 4.03. The minimum atomic E-state index is -3.34. The maximum absolute atomic E-state index is 11.6. The van der Waals surface area contributed by atoms with Gasteiger partial charge in [-0.05, 0) is 12.1 Å². The van der Waals surface area contributed by atoms with Gasteiger partial charge in [-0.1, -0.05) is 12.1 Å². The number of carbonyl (C=O) groups excluding carboxylic acids is 1. The number of nitrogen functional groups attached to an aromatic ring is 1. The summed E-state index contributed by atoms with van der Waals surface area (Å²) < 4.78 is 32.9. The smallest absolute Gasteiger partial charge is 0.306 e. The summed E-state index contributed by atoms with van der Waals surface area (Å²) in [5, 5.41) is 0. The predicted molar refractivity (Wildman–Crippen MR) is 71.6 cm³/mol. The SMILES string of the molecule is COC(=O)CCS(=O)(=O)CCOc1ccccc1N. The summed E-state index contributed by atoms with van der Waals surface area (Å²) in [4.78, 5) is 10.9. The number of nitrogens with two attached hydrogens (primary N) is 1. The summed E-state index contributed by atoms with van der Waals surface area (Å²) >= 11 is 0. The van der Waals surface area contributed by atoms with Gasteiger partial charge in [0.1, 0.15) is 12.4 Å². The van der Waals surface area contributed by atoms with E-state index in [4.69, 9.17) is 10.5 Å². The molecule has 19 heavy (non-hydrogen) atoms. The maximum atomic E-state index is 11.6. The van der Waals surface area contributed by atoms with Gasteiger partial charge in [0.05, 0.1) is 30.7 Å². The van der Waals surface area contributed by atoms with Crippen LogP contribution < -0.4 is 10.5 Å². The molecule has 0 aliphatic carbocycles. The van der Waals surface area contributed by atoms with Crippen LogP contribution >= 0.6 is 0 Å². The van der Waals surface area contributed by atoms with E-state index in [1.807, 2.05) is 0 Å². The van der Waals surface area contributed by atoms with Crippen LogP contribution in [0.2, 0.25) is 0 Å². The van der Waals surface area contributed by atoms with Crippen LogP contribution in [0, 0.1) is 0 Å². The highest BCUT2D eigenvalue weighted by atomic mass is 32.2. The molecule has 1 aromatic carbocycles. The second-order valence-corrected chi connectivity index (χ2v) is 6.17. The van der Waals surface area contributed by atoms with Crippen LogP contribution in [0.25, 0.3) is 0 Å². The standard InChI is InChI=1S/C12H17NO5S/c1-17-12(14)6-8-19(15,16)9-7-18-11-5-3-2-4-10(11)13/h2-5H,6-9,13H2,1H3. The number of carbonyl (C=O) groups is 1. The number of rotatable bonds is 7. The number of ether oxygens (including phenoxy) is 2. The van der Waals surface area contributed by atoms with Crippen LogP contribution in [0.3, 0.4) is 0 Å². The fourth-order valence-electron chi connectivity index (χ4n) is 1.33. The van der Waals surface area contributed by atoms with E-state index in [1.165, 1.54) is 7.11 Å². The van der Waals surface area contributed by atoms with Gasteiger partial charge in [-0.2, -0.15) is 0 Å². The molecule has 0 heterocycles. The zero-order valence-electron chi connectivity index (χ0n) is 10.7. The van der Waals surface area contributed by atoms with E-state index in [1.54, 1.807) is 24.3 Å². The highest BCUT2D eigenvalue weighted by molar-refractivity contribution is 7.91. The summed E-state index contributed by atoms with van der Waals surface area (Å²) in [6.45, 7) is -0.00226. The van der Waals surface area contributed by atoms with E-state index >= 15 is 0 Å². The number of methoxy groups -OCH3 is 1. The lowest BCUT2D eigenvalue weighted by Gasteiger charge is -2.08. The van der Waals surface area contributed by atoms with Crippen molar-refractivity contribution < 1.29 is 22.7 Å². The first-order chi connectivity index (χ1) is 8.94. The Labute approximate surface area is 112 Å². The molecule has 2 N–H and O–H groups in total. The van der Waals surface area contributed by atoms with Gasteiger partial charge in [0, 0.05) is 0 Å². The number of esters is 1. The van der Waals surface area contributed by atoms with Crippen molar-refractivity contribution in [3.63, 3.8) is 0 Å². The minimum absolute atomic E-state index is 0.00226. The Balaban J connectivity index is 2.40. The van der Waals surface area contributed by atoms with Gasteiger partial charge < -0.3 is 15.2 Å². The van der Waals surface area contributed by atoms with Crippen LogP contribution in [-0.2, 0) is 19.4 Å². The van der Waals surface area contributed by atoms with Crippen molar-refractivity contribution in [2.45, 2.75) is 6.42 Å². The van der Waals surface area contributed by atoms with Crippen molar-refractivity contribution in [2.24, 2.45) is 0 Å². The van der Waals surface area contributed by atoms with Gasteiger partial charge in [-0.25, -0.2) is 8.42 Å². The van der Waals surface area contributed by atoms with Crippen LogP contribution in [-0.4, -0.2) is 39.6 Å². The van der Waals surface area contributed by atoms with Crippen molar-refractivity contribution in [3.05, 3.63) is 24.3 Å². The van der Waals surface area contributed by atoms with Crippen LogP contribution in [0.4, 0.5) is 5.69 Å². The Bertz CT molecular complexity index is 527. The third kappa shape index (κ3) is 5.60. The monoisotopic (exact) mass is 287 g/mol. The molecule has 1 aromatic rings. The lowest BCUT2D eigenvalue weighted by atomic mass is 10.3. The Hall–Kier alpha value is -1.76. The lowest BCUT2D eigenvalue weighted by molar-refractivity contribution is -0.140. The fourth-order valence-corrected chi connectivity index (χ4v) is 2.35. The maximum Gasteiger partial charge on any atom is 0.306 e. The molecule has 0 aliphatic rings. The highest BCUT2D eigenvalue weighted by Gasteiger charge is 2.14. The van der Waals surface area contributed by atoms with Gasteiger partial charge in [-0.3, -0.25) is 4.79 Å². The molecule has 0 saturated carbocycles. The zero-order valence-corrected chi connectivity index (χ0v) is 11.5. The molecule has 0 radical (unpaired) electrons. The number of anilines is 1. The minimum Gasteiger partial charge on any atom is -0.490 e. The molecule has 106 valence electrons. The first kappa shape index (κ1) is 15.3. The molecule has 6 nitrogen and oxygen atoms in total. The number of benzene rings is 1. The van der Waals surface area contributed by atoms with Crippen LogP contribution in [0.15, 0.2) is 24.3 Å². The summed E-state index contributed by atoms with van der Waals surface area (Å²) in [6, 6.07) is 6.84. The Morgan fingerprint density at radius 1 is 1.26 bits per heavy atom. The number of sulfone groups is 1. The second-order valence-electron chi connectivity index (χ2n) is 3.86. The molecule has 0 bridgehead atoms. The van der Waals surface area contributed by atoms with Gasteiger partial charge in [0.2, 0.25) is 0 Å². The number of hydrogen-bond acceptors (Lipinski definition) is 6. The first-order valence-corrected chi connectivity index (χ1v) is 7.51. The molecule has 1 rings (SSSR count). The third-order valence-electron chi connectivity index (χ3n) is 2.42. The van der Waals surface area contributed by atoms with Crippen molar-refractivity contribution in [2.75, 3.05) is 31.0 Å². The molecular formula is C12H17NO5S. The van der Waals surface area contributed by atoms with E-state index in [-0.39, 0.29) is 24.5 Å². The molecule has 0 saturated heterocycles. The van der Waals surface area contributed by atoms with Gasteiger partial charge in [0.15, 0.2) is 9.84 Å². The Morgan fingerprint density at radius 2 is 1.95 bits per heavy atom. The lowest BCUT2D eigenvalue weighted by Crippen LogP contribution is -2.19. The molecule has 7 heteroatoms. The molecule has 0 spiro atoms. The molecule has 0 aliphatic heterocycles. The van der Waals surface area contributed by atoms with Crippen molar-refractivity contribution in [1.82, 2.24) is 0 Å². The molecular weight excluding hydrogens is 270 g/mol. The molecule has 0 fully saturated rings. The molecule has 0 amide bonds. The number of hydrogen-bond donors (Lipinski definition) is 1. The van der Waals surface area contributed by atoms with Crippen molar-refractivity contribution in [1.29, 1.82) is 0 Å². The van der Waals surface area contributed by atoms with Gasteiger partial charge >= 0.3 is 5.97 Å². The summed E-state index contributed by atoms with van der Waals surface area (Å²) in [5.41, 5.74) is 6.10. The largest absolute Gasteiger partial charge is 0.490 e. The van der Waals surface area contributed by atoms with E-state index in [9.17, 15) is 13.2 Å². The first-order valence-electron chi connectivity index (χ1n) is 5.69. The van der Waals surface area contributed by atoms with E-state index < -0.39 is 15.8 Å². The van der Waals surface area contributed by atoms with E-state index in [2.05, 4.69) is 4.74 Å². The van der Waals surface area contributed by atoms with Gasteiger partial charge in [0.25, 0.3) is 0 Å². The topological polar surface area (TPSA) is 95.7 Å². The van der Waals surface area contributed by atoms with Gasteiger partial charge in [-0.15, -0.1) is 0 Å². The normalized spacial score (nSPS) is 11.0. The zero-order chi connectivity index (χ0) is 14.3. The predicted octanol–water partition coefficient (Wildman–Crippen LogP) is 0.625. The molecule has 0 atom stereocenters. The Morgan fingerprint density at radius 3 is 2.58 bits per heavy atom. The summed E-state index contributed by atoms with van der Waals surface area (Å²) in [6.07, 6.45) is -0.147. The highest BCUT2D eigenvalue weighted by Crippen LogP contribution is 2.19. The molecule has 0 aromatic heterocycles. The van der Waals surface area contributed by atoms with Crippen molar-refractivity contribution >= 4 is 21.5 Å². The van der Waals surface area contributed by atoms with E-state index in [0.29, 0.717) is 11.4 Å². The Kier molecular flexibility index (Phi) is 5.62. The fraction of sp³-hybridized carbons (Fsp3) is 0.417. The average Bonchev–Trinajstić information content (AvgIpc) is 2.38. The van der Waals surface area contributed by atoms with Crippen LogP contribution in [0.1, 0.15) is 6.42 Å². The summed E-state index contributed by atoms with van der Waals surface area (Å²) in [5.74, 6) is -0.506. The van der Waals surface area contributed by atoms with E-state index in [0.717, 1.165) is 0 Å². The second kappa shape index (κ2) is 6.98. The van der Waals surface area contributed by atoms with Crippen LogP contribution in [0.5, 0.6) is 5.75 Å². The summed E-state index contributed by atoms with van der Waals surface area (Å²) in [7, 11) is -2.12. The number of para-hydroxylation sites is 2. The van der Waals surface area contributed by atoms with Crippen molar-refractivity contribution in [3.8, 4) is 5.75 Å². The molecule has 0 unspecified atom stereocenters. The average molecular weight is 287 g/mol. The quantitative estimate of drug-likeness (QED) is 0.583.